The maximum Gasteiger partial charge on any atom is 0.265 e. The third-order valence-corrected chi connectivity index (χ3v) is 9.07. The second kappa shape index (κ2) is 14.0. The SMILES string of the molecule is COc1cc2c(Oc3ccc(NS(=O)(=O)c4ccc(Cl)c(Cl)c4OC)cc3F)ccnc2cc1OCCCN1CCOCC1. The van der Waals surface area contributed by atoms with Crippen molar-refractivity contribution in [2.45, 2.75) is 11.3 Å². The zero-order chi connectivity index (χ0) is 31.3. The first-order chi connectivity index (χ1) is 21.2. The lowest BCUT2D eigenvalue weighted by molar-refractivity contribution is 0.0357. The third kappa shape index (κ3) is 7.22. The van der Waals surface area contributed by atoms with E-state index in [2.05, 4.69) is 14.6 Å². The summed E-state index contributed by atoms with van der Waals surface area (Å²) in [5, 5.41) is 0.635. The smallest absolute Gasteiger partial charge is 0.265 e. The van der Waals surface area contributed by atoms with Gasteiger partial charge in [-0.3, -0.25) is 14.6 Å². The summed E-state index contributed by atoms with van der Waals surface area (Å²) in [6.45, 7) is 4.73. The first-order valence-electron chi connectivity index (χ1n) is 13.6. The molecule has 14 heteroatoms. The van der Waals surface area contributed by atoms with E-state index in [1.807, 2.05) is 0 Å². The number of hydrogen-bond donors (Lipinski definition) is 1. The molecule has 0 unspecified atom stereocenters. The standard InChI is InChI=1S/C30H30Cl2FN3O7S/c1-39-26-17-20-23(18-27(26)42-13-3-10-36-11-14-41-15-12-36)34-9-8-24(20)43-25-6-4-19(16-22(25)33)35-44(37,38)28-7-5-21(31)29(32)30(28)40-2/h4-9,16-18,35H,3,10-15H2,1-2H3. The molecule has 0 bridgehead atoms. The molecular formula is C30H30Cl2FN3O7S. The number of pyridine rings is 1. The van der Waals surface area contributed by atoms with E-state index in [4.69, 9.17) is 46.9 Å². The summed E-state index contributed by atoms with van der Waals surface area (Å²) in [6.07, 6.45) is 2.38. The molecule has 234 valence electrons. The Bertz CT molecular complexity index is 1750. The van der Waals surface area contributed by atoms with Crippen LogP contribution in [0.5, 0.6) is 28.7 Å². The fourth-order valence-electron chi connectivity index (χ4n) is 4.68. The fourth-order valence-corrected chi connectivity index (χ4v) is 6.35. The number of fused-ring (bicyclic) bond motifs is 1. The number of halogens is 3. The molecule has 1 aliphatic heterocycles. The highest BCUT2D eigenvalue weighted by Crippen LogP contribution is 2.40. The summed E-state index contributed by atoms with van der Waals surface area (Å²) < 4.78 is 71.6. The van der Waals surface area contributed by atoms with Gasteiger partial charge in [0.25, 0.3) is 10.0 Å². The van der Waals surface area contributed by atoms with E-state index in [-0.39, 0.29) is 32.1 Å². The topological polar surface area (TPSA) is 108 Å². The molecule has 5 rings (SSSR count). The molecular weight excluding hydrogens is 636 g/mol. The summed E-state index contributed by atoms with van der Waals surface area (Å²) in [4.78, 5) is 6.50. The first-order valence-corrected chi connectivity index (χ1v) is 15.9. The van der Waals surface area contributed by atoms with Gasteiger partial charge in [0.2, 0.25) is 0 Å². The van der Waals surface area contributed by atoms with Crippen LogP contribution in [0.25, 0.3) is 10.9 Å². The van der Waals surface area contributed by atoms with Gasteiger partial charge < -0.3 is 23.7 Å². The average Bonchev–Trinajstić information content (AvgIpc) is 3.01. The number of rotatable bonds is 12. The minimum absolute atomic E-state index is 0.0420. The highest BCUT2D eigenvalue weighted by atomic mass is 35.5. The predicted octanol–water partition coefficient (Wildman–Crippen LogP) is 6.39. The summed E-state index contributed by atoms with van der Waals surface area (Å²) >= 11 is 12.1. The maximum atomic E-state index is 15.2. The van der Waals surface area contributed by atoms with Gasteiger partial charge in [-0.2, -0.15) is 0 Å². The molecule has 0 atom stereocenters. The van der Waals surface area contributed by atoms with E-state index in [1.54, 1.807) is 18.2 Å². The van der Waals surface area contributed by atoms with Gasteiger partial charge in [-0.25, -0.2) is 12.8 Å². The van der Waals surface area contributed by atoms with Gasteiger partial charge in [-0.15, -0.1) is 0 Å². The van der Waals surface area contributed by atoms with Gasteiger partial charge in [0.05, 0.1) is 50.3 Å². The number of nitrogens with zero attached hydrogens (tertiary/aromatic N) is 2. The Balaban J connectivity index is 1.31. The Labute approximate surface area is 264 Å². The Morgan fingerprint density at radius 1 is 0.977 bits per heavy atom. The number of nitrogens with one attached hydrogen (secondary N) is 1. The van der Waals surface area contributed by atoms with Crippen molar-refractivity contribution < 1.29 is 36.5 Å². The van der Waals surface area contributed by atoms with Crippen LogP contribution in [0.2, 0.25) is 10.0 Å². The molecule has 1 N–H and O–H groups in total. The second-order valence-electron chi connectivity index (χ2n) is 9.73. The van der Waals surface area contributed by atoms with Crippen molar-refractivity contribution in [3.63, 3.8) is 0 Å². The fraction of sp³-hybridized carbons (Fsp3) is 0.300. The summed E-state index contributed by atoms with van der Waals surface area (Å²) in [6, 6.07) is 11.3. The largest absolute Gasteiger partial charge is 0.494 e. The number of ether oxygens (including phenoxy) is 5. The van der Waals surface area contributed by atoms with Gasteiger partial charge in [-0.1, -0.05) is 23.2 Å². The van der Waals surface area contributed by atoms with Crippen molar-refractivity contribution in [2.24, 2.45) is 0 Å². The third-order valence-electron chi connectivity index (χ3n) is 6.88. The number of morpholine rings is 1. The van der Waals surface area contributed by atoms with Gasteiger partial charge in [-0.05, 0) is 42.8 Å². The van der Waals surface area contributed by atoms with Gasteiger partial charge >= 0.3 is 0 Å². The van der Waals surface area contributed by atoms with Crippen LogP contribution >= 0.6 is 23.2 Å². The molecule has 0 saturated carbocycles. The van der Waals surface area contributed by atoms with Crippen LogP contribution < -0.4 is 23.7 Å². The van der Waals surface area contributed by atoms with Crippen LogP contribution in [0.4, 0.5) is 10.1 Å². The molecule has 0 spiro atoms. The van der Waals surface area contributed by atoms with E-state index in [0.29, 0.717) is 34.8 Å². The van der Waals surface area contributed by atoms with Crippen molar-refractivity contribution >= 4 is 49.8 Å². The van der Waals surface area contributed by atoms with E-state index >= 15 is 4.39 Å². The highest BCUT2D eigenvalue weighted by Gasteiger charge is 2.24. The number of methoxy groups -OCH3 is 2. The van der Waals surface area contributed by atoms with E-state index in [1.165, 1.54) is 44.7 Å². The van der Waals surface area contributed by atoms with Gasteiger partial charge in [0, 0.05) is 43.4 Å². The molecule has 44 heavy (non-hydrogen) atoms. The highest BCUT2D eigenvalue weighted by molar-refractivity contribution is 7.92. The van der Waals surface area contributed by atoms with Crippen LogP contribution in [-0.4, -0.2) is 72.0 Å². The van der Waals surface area contributed by atoms with Crippen LogP contribution in [-0.2, 0) is 14.8 Å². The summed E-state index contributed by atoms with van der Waals surface area (Å²) in [7, 11) is -1.41. The lowest BCUT2D eigenvalue weighted by Gasteiger charge is -2.26. The van der Waals surface area contributed by atoms with Crippen LogP contribution in [0.15, 0.2) is 59.6 Å². The normalized spacial score (nSPS) is 13.9. The Morgan fingerprint density at radius 2 is 1.77 bits per heavy atom. The number of anilines is 1. The molecule has 0 amide bonds. The molecule has 10 nitrogen and oxygen atoms in total. The van der Waals surface area contributed by atoms with Crippen molar-refractivity contribution in [1.82, 2.24) is 9.88 Å². The number of aromatic nitrogens is 1. The predicted molar refractivity (Wildman–Crippen MR) is 166 cm³/mol. The minimum atomic E-state index is -4.21. The Hall–Kier alpha value is -3.55. The van der Waals surface area contributed by atoms with Crippen molar-refractivity contribution in [1.29, 1.82) is 0 Å². The number of benzene rings is 3. The summed E-state index contributed by atoms with van der Waals surface area (Å²) in [5.41, 5.74) is 0.520. The Morgan fingerprint density at radius 3 is 2.50 bits per heavy atom. The van der Waals surface area contributed by atoms with Crippen LogP contribution in [0, 0.1) is 5.82 Å². The van der Waals surface area contributed by atoms with Gasteiger partial charge in [0.15, 0.2) is 28.8 Å². The summed E-state index contributed by atoms with van der Waals surface area (Å²) in [5.74, 6) is 0.268. The lowest BCUT2D eigenvalue weighted by Crippen LogP contribution is -2.37. The number of hydrogen-bond acceptors (Lipinski definition) is 9. The molecule has 0 radical (unpaired) electrons. The monoisotopic (exact) mass is 665 g/mol. The second-order valence-corrected chi connectivity index (χ2v) is 12.2. The van der Waals surface area contributed by atoms with Gasteiger partial charge in [0.1, 0.15) is 15.7 Å². The first kappa shape index (κ1) is 31.9. The number of sulfonamides is 1. The molecule has 1 aromatic heterocycles. The van der Waals surface area contributed by atoms with Crippen molar-refractivity contribution in [2.75, 3.05) is 58.4 Å². The quantitative estimate of drug-likeness (QED) is 0.172. The minimum Gasteiger partial charge on any atom is -0.494 e. The molecule has 3 aromatic carbocycles. The van der Waals surface area contributed by atoms with Crippen LogP contribution in [0.3, 0.4) is 0 Å². The van der Waals surface area contributed by atoms with E-state index in [0.717, 1.165) is 45.3 Å². The maximum absolute atomic E-state index is 15.2. The van der Waals surface area contributed by atoms with E-state index < -0.39 is 15.8 Å². The molecule has 2 heterocycles. The van der Waals surface area contributed by atoms with E-state index in [9.17, 15) is 8.42 Å². The Kier molecular flexibility index (Phi) is 10.2. The average molecular weight is 667 g/mol. The lowest BCUT2D eigenvalue weighted by atomic mass is 10.1. The van der Waals surface area contributed by atoms with Crippen LogP contribution in [0.1, 0.15) is 6.42 Å². The van der Waals surface area contributed by atoms with Crippen molar-refractivity contribution in [3.05, 3.63) is 70.6 Å². The zero-order valence-corrected chi connectivity index (χ0v) is 26.3. The molecule has 1 aliphatic rings. The zero-order valence-electron chi connectivity index (χ0n) is 23.9. The molecule has 1 fully saturated rings. The molecule has 0 aliphatic carbocycles. The van der Waals surface area contributed by atoms with Crippen molar-refractivity contribution in [3.8, 4) is 28.7 Å². The molecule has 4 aromatic rings. The molecule has 1 saturated heterocycles.